The van der Waals surface area contributed by atoms with E-state index in [9.17, 15) is 9.59 Å². The van der Waals surface area contributed by atoms with Gasteiger partial charge in [0.15, 0.2) is 11.6 Å². The van der Waals surface area contributed by atoms with Crippen LogP contribution in [-0.2, 0) is 23.8 Å². The summed E-state index contributed by atoms with van der Waals surface area (Å²) < 4.78 is 16.2. The summed E-state index contributed by atoms with van der Waals surface area (Å²) in [4.78, 5) is 21.7. The fourth-order valence-corrected chi connectivity index (χ4v) is 1.66. The van der Waals surface area contributed by atoms with Crippen molar-refractivity contribution in [1.82, 2.24) is 0 Å². The second-order valence-electron chi connectivity index (χ2n) is 4.98. The van der Waals surface area contributed by atoms with Gasteiger partial charge < -0.3 is 14.2 Å². The average Bonchev–Trinajstić information content (AvgIpc) is 2.47. The summed E-state index contributed by atoms with van der Waals surface area (Å²) in [5.41, 5.74) is 0. The van der Waals surface area contributed by atoms with Crippen molar-refractivity contribution in [2.75, 3.05) is 39.6 Å². The summed E-state index contributed by atoms with van der Waals surface area (Å²) in [7, 11) is 0. The van der Waals surface area contributed by atoms with Crippen LogP contribution in [0.15, 0.2) is 0 Å². The topological polar surface area (TPSA) is 61.8 Å². The molecule has 0 aromatic carbocycles. The first-order valence-electron chi connectivity index (χ1n) is 7.95. The van der Waals surface area contributed by atoms with Crippen LogP contribution >= 0.6 is 0 Å². The van der Waals surface area contributed by atoms with Crippen LogP contribution in [0.5, 0.6) is 0 Å². The van der Waals surface area contributed by atoms with Crippen molar-refractivity contribution in [2.45, 2.75) is 52.4 Å². The van der Waals surface area contributed by atoms with Crippen LogP contribution in [0.4, 0.5) is 0 Å². The van der Waals surface area contributed by atoms with E-state index in [2.05, 4.69) is 6.92 Å². The lowest BCUT2D eigenvalue weighted by Gasteiger charge is -2.06. The first kappa shape index (κ1) is 20.2. The van der Waals surface area contributed by atoms with Crippen LogP contribution < -0.4 is 0 Å². The largest absolute Gasteiger partial charge is 0.379 e. The van der Waals surface area contributed by atoms with E-state index in [0.717, 1.165) is 19.4 Å². The number of ketones is 2. The first-order chi connectivity index (χ1) is 10.2. The Bertz CT molecular complexity index is 265. The van der Waals surface area contributed by atoms with E-state index in [1.807, 2.05) is 0 Å². The highest BCUT2D eigenvalue weighted by atomic mass is 16.5. The summed E-state index contributed by atoms with van der Waals surface area (Å²) in [6.07, 6.45) is 5.35. The lowest BCUT2D eigenvalue weighted by molar-refractivity contribution is -0.135. The van der Waals surface area contributed by atoms with Gasteiger partial charge in [0.2, 0.25) is 0 Å². The molecule has 124 valence electrons. The quantitative estimate of drug-likeness (QED) is 0.324. The fraction of sp³-hybridized carbons (Fsp3) is 0.875. The molecular weight excluding hydrogens is 272 g/mol. The molecule has 0 spiro atoms. The van der Waals surface area contributed by atoms with E-state index in [0.29, 0.717) is 45.9 Å². The minimum atomic E-state index is -0.360. The standard InChI is InChI=1S/C16H30O5/c1-3-4-6-9-19-11-13-21-14-12-20-10-7-5-8-16(18)15(2)17/h3-14H2,1-2H3. The smallest absolute Gasteiger partial charge is 0.198 e. The molecule has 0 heterocycles. The Morgan fingerprint density at radius 1 is 0.714 bits per heavy atom. The predicted molar refractivity (Wildman–Crippen MR) is 81.5 cm³/mol. The molecule has 0 unspecified atom stereocenters. The Labute approximate surface area is 128 Å². The maximum absolute atomic E-state index is 11.0. The Morgan fingerprint density at radius 3 is 1.67 bits per heavy atom. The highest BCUT2D eigenvalue weighted by Gasteiger charge is 2.06. The van der Waals surface area contributed by atoms with Crippen LogP contribution in [-0.4, -0.2) is 51.2 Å². The number of hydrogen-bond acceptors (Lipinski definition) is 5. The Balaban J connectivity index is 3.06. The van der Waals surface area contributed by atoms with Gasteiger partial charge in [0.25, 0.3) is 0 Å². The minimum absolute atomic E-state index is 0.294. The number of Topliss-reactive ketones (excluding diaryl/α,β-unsaturated/α-hetero) is 2. The van der Waals surface area contributed by atoms with Crippen molar-refractivity contribution in [1.29, 1.82) is 0 Å². The number of ether oxygens (including phenoxy) is 3. The van der Waals surface area contributed by atoms with Gasteiger partial charge in [0, 0.05) is 26.6 Å². The van der Waals surface area contributed by atoms with Gasteiger partial charge in [-0.1, -0.05) is 19.8 Å². The lowest BCUT2D eigenvalue weighted by atomic mass is 10.1. The third kappa shape index (κ3) is 15.4. The maximum Gasteiger partial charge on any atom is 0.198 e. The summed E-state index contributed by atoms with van der Waals surface area (Å²) in [6.45, 7) is 7.24. The molecule has 0 radical (unpaired) electrons. The molecule has 0 bridgehead atoms. The number of hydrogen-bond donors (Lipinski definition) is 0. The van der Waals surface area contributed by atoms with Crippen LogP contribution in [0.1, 0.15) is 52.4 Å². The molecule has 0 amide bonds. The molecule has 0 saturated carbocycles. The molecule has 0 saturated heterocycles. The highest BCUT2D eigenvalue weighted by Crippen LogP contribution is 1.98. The lowest BCUT2D eigenvalue weighted by Crippen LogP contribution is -2.11. The fourth-order valence-electron chi connectivity index (χ4n) is 1.66. The van der Waals surface area contributed by atoms with E-state index < -0.39 is 0 Å². The molecule has 0 rings (SSSR count). The zero-order valence-electron chi connectivity index (χ0n) is 13.5. The second kappa shape index (κ2) is 15.6. The van der Waals surface area contributed by atoms with Gasteiger partial charge in [0.05, 0.1) is 26.4 Å². The van der Waals surface area contributed by atoms with E-state index in [1.165, 1.54) is 19.8 Å². The van der Waals surface area contributed by atoms with Gasteiger partial charge in [0.1, 0.15) is 0 Å². The Morgan fingerprint density at radius 2 is 1.19 bits per heavy atom. The summed E-state index contributed by atoms with van der Waals surface area (Å²) in [5, 5.41) is 0. The SMILES string of the molecule is CCCCCOCCOCCOCCCCC(=O)C(C)=O. The summed E-state index contributed by atoms with van der Waals surface area (Å²) >= 11 is 0. The normalized spacial score (nSPS) is 10.8. The first-order valence-corrected chi connectivity index (χ1v) is 7.95. The molecule has 0 aliphatic carbocycles. The molecule has 0 aliphatic heterocycles. The molecular formula is C16H30O5. The minimum Gasteiger partial charge on any atom is -0.379 e. The maximum atomic E-state index is 11.0. The third-order valence-electron chi connectivity index (χ3n) is 2.97. The van der Waals surface area contributed by atoms with E-state index in [1.54, 1.807) is 0 Å². The number of rotatable bonds is 16. The van der Waals surface area contributed by atoms with Crippen molar-refractivity contribution in [3.63, 3.8) is 0 Å². The monoisotopic (exact) mass is 302 g/mol. The molecule has 21 heavy (non-hydrogen) atoms. The van der Waals surface area contributed by atoms with E-state index in [-0.39, 0.29) is 11.6 Å². The Kier molecular flexibility index (Phi) is 15.0. The third-order valence-corrected chi connectivity index (χ3v) is 2.97. The van der Waals surface area contributed by atoms with Gasteiger partial charge in [-0.25, -0.2) is 0 Å². The molecule has 0 aliphatic rings. The molecule has 5 heteroatoms. The zero-order valence-corrected chi connectivity index (χ0v) is 13.5. The van der Waals surface area contributed by atoms with Gasteiger partial charge >= 0.3 is 0 Å². The Hall–Kier alpha value is -0.780. The van der Waals surface area contributed by atoms with Crippen molar-refractivity contribution in [2.24, 2.45) is 0 Å². The van der Waals surface area contributed by atoms with Crippen LogP contribution in [0.3, 0.4) is 0 Å². The molecule has 0 N–H and O–H groups in total. The van der Waals surface area contributed by atoms with Gasteiger partial charge in [-0.2, -0.15) is 0 Å². The van der Waals surface area contributed by atoms with E-state index in [4.69, 9.17) is 14.2 Å². The predicted octanol–water partition coefficient (Wildman–Crippen LogP) is 2.55. The summed E-state index contributed by atoms with van der Waals surface area (Å²) in [5.74, 6) is -0.654. The van der Waals surface area contributed by atoms with Crippen molar-refractivity contribution < 1.29 is 23.8 Å². The second-order valence-corrected chi connectivity index (χ2v) is 4.98. The molecule has 5 nitrogen and oxygen atoms in total. The number of carbonyl (C=O) groups is 2. The number of carbonyl (C=O) groups excluding carboxylic acids is 2. The van der Waals surface area contributed by atoms with E-state index >= 15 is 0 Å². The average molecular weight is 302 g/mol. The van der Waals surface area contributed by atoms with Crippen molar-refractivity contribution in [3.8, 4) is 0 Å². The number of unbranched alkanes of at least 4 members (excludes halogenated alkanes) is 3. The zero-order chi connectivity index (χ0) is 15.8. The van der Waals surface area contributed by atoms with Crippen molar-refractivity contribution in [3.05, 3.63) is 0 Å². The van der Waals surface area contributed by atoms with Crippen molar-refractivity contribution >= 4 is 11.6 Å². The van der Waals surface area contributed by atoms with Gasteiger partial charge in [-0.05, 0) is 19.3 Å². The van der Waals surface area contributed by atoms with Crippen LogP contribution in [0, 0.1) is 0 Å². The van der Waals surface area contributed by atoms with Gasteiger partial charge in [-0.15, -0.1) is 0 Å². The van der Waals surface area contributed by atoms with Crippen LogP contribution in [0.25, 0.3) is 0 Å². The molecule has 0 aromatic rings. The highest BCUT2D eigenvalue weighted by molar-refractivity contribution is 6.36. The molecule has 0 aromatic heterocycles. The van der Waals surface area contributed by atoms with Crippen LogP contribution in [0.2, 0.25) is 0 Å². The van der Waals surface area contributed by atoms with Gasteiger partial charge in [-0.3, -0.25) is 9.59 Å². The molecule has 0 fully saturated rings. The molecule has 0 atom stereocenters. The summed E-state index contributed by atoms with van der Waals surface area (Å²) in [6, 6.07) is 0.